The van der Waals surface area contributed by atoms with Crippen molar-refractivity contribution in [1.29, 1.82) is 0 Å². The Labute approximate surface area is 141 Å². The summed E-state index contributed by atoms with van der Waals surface area (Å²) < 4.78 is 29.3. The van der Waals surface area contributed by atoms with Crippen molar-refractivity contribution in [3.63, 3.8) is 0 Å². The van der Waals surface area contributed by atoms with E-state index in [4.69, 9.17) is 0 Å². The summed E-state index contributed by atoms with van der Waals surface area (Å²) in [5, 5.41) is 0. The van der Waals surface area contributed by atoms with E-state index in [1.165, 1.54) is 12.1 Å². The molecule has 2 aromatic rings. The highest BCUT2D eigenvalue weighted by Gasteiger charge is 2.26. The van der Waals surface area contributed by atoms with Gasteiger partial charge in [0.15, 0.2) is 0 Å². The summed E-state index contributed by atoms with van der Waals surface area (Å²) in [5.74, 6) is -1.12. The van der Waals surface area contributed by atoms with E-state index in [2.05, 4.69) is 6.58 Å². The van der Waals surface area contributed by atoms with Gasteiger partial charge in [0, 0.05) is 17.8 Å². The SMILES string of the molecule is C=C1C=CC(c2ccccc2)=C(c2c(F)cc(C)cc2F)N1CC. The van der Waals surface area contributed by atoms with Gasteiger partial charge >= 0.3 is 0 Å². The zero-order valence-corrected chi connectivity index (χ0v) is 13.8. The van der Waals surface area contributed by atoms with E-state index in [1.54, 1.807) is 6.92 Å². The average molecular weight is 323 g/mol. The van der Waals surface area contributed by atoms with E-state index >= 15 is 0 Å². The zero-order valence-electron chi connectivity index (χ0n) is 13.8. The van der Waals surface area contributed by atoms with Crippen LogP contribution in [-0.2, 0) is 0 Å². The molecule has 0 saturated heterocycles. The van der Waals surface area contributed by atoms with Crippen molar-refractivity contribution >= 4 is 11.3 Å². The molecule has 0 aromatic heterocycles. The maximum Gasteiger partial charge on any atom is 0.135 e. The highest BCUT2D eigenvalue weighted by molar-refractivity contribution is 5.97. The molecule has 0 N–H and O–H groups in total. The van der Waals surface area contributed by atoms with E-state index in [9.17, 15) is 8.78 Å². The highest BCUT2D eigenvalue weighted by Crippen LogP contribution is 2.38. The Morgan fingerprint density at radius 1 is 1.00 bits per heavy atom. The van der Waals surface area contributed by atoms with Gasteiger partial charge in [-0.25, -0.2) is 8.78 Å². The van der Waals surface area contributed by atoms with Crippen molar-refractivity contribution in [2.75, 3.05) is 6.54 Å². The molecule has 2 aromatic carbocycles. The molecule has 1 heterocycles. The van der Waals surface area contributed by atoms with Crippen LogP contribution in [0.3, 0.4) is 0 Å². The molecule has 0 atom stereocenters. The fourth-order valence-electron chi connectivity index (χ4n) is 3.05. The maximum atomic E-state index is 14.7. The second-order valence-corrected chi connectivity index (χ2v) is 5.80. The van der Waals surface area contributed by atoms with Gasteiger partial charge in [0.25, 0.3) is 0 Å². The number of allylic oxidation sites excluding steroid dienone is 3. The van der Waals surface area contributed by atoms with Gasteiger partial charge in [-0.1, -0.05) is 43.0 Å². The van der Waals surface area contributed by atoms with Gasteiger partial charge in [0.2, 0.25) is 0 Å². The third-order valence-corrected chi connectivity index (χ3v) is 4.14. The Morgan fingerprint density at radius 3 is 2.21 bits per heavy atom. The van der Waals surface area contributed by atoms with Gasteiger partial charge in [0.05, 0.1) is 11.3 Å². The molecule has 0 unspecified atom stereocenters. The number of benzene rings is 2. The minimum absolute atomic E-state index is 0.00759. The molecule has 3 rings (SSSR count). The first-order valence-electron chi connectivity index (χ1n) is 7.93. The first-order valence-corrected chi connectivity index (χ1v) is 7.93. The van der Waals surface area contributed by atoms with Crippen LogP contribution < -0.4 is 0 Å². The van der Waals surface area contributed by atoms with Crippen LogP contribution in [0, 0.1) is 18.6 Å². The summed E-state index contributed by atoms with van der Waals surface area (Å²) in [4.78, 5) is 1.85. The molecule has 0 radical (unpaired) electrons. The molecule has 1 aliphatic rings. The van der Waals surface area contributed by atoms with E-state index in [0.29, 0.717) is 23.5 Å². The summed E-state index contributed by atoms with van der Waals surface area (Å²) in [5.41, 5.74) is 3.48. The number of likely N-dealkylation sites (N-methyl/N-ethyl adjacent to an activating group) is 1. The lowest BCUT2D eigenvalue weighted by molar-refractivity contribution is 0.510. The molecular weight excluding hydrogens is 304 g/mol. The lowest BCUT2D eigenvalue weighted by Gasteiger charge is -2.32. The summed E-state index contributed by atoms with van der Waals surface area (Å²) in [6.07, 6.45) is 3.75. The number of hydrogen-bond acceptors (Lipinski definition) is 1. The van der Waals surface area contributed by atoms with E-state index in [-0.39, 0.29) is 5.56 Å². The van der Waals surface area contributed by atoms with Crippen LogP contribution in [0.4, 0.5) is 8.78 Å². The molecule has 0 spiro atoms. The predicted molar refractivity (Wildman–Crippen MR) is 95.0 cm³/mol. The Kier molecular flexibility index (Phi) is 4.34. The Hall–Kier alpha value is -2.68. The lowest BCUT2D eigenvalue weighted by atomic mass is 9.94. The number of hydrogen-bond donors (Lipinski definition) is 0. The van der Waals surface area contributed by atoms with Crippen LogP contribution in [0.25, 0.3) is 11.3 Å². The van der Waals surface area contributed by atoms with Crippen LogP contribution in [0.5, 0.6) is 0 Å². The van der Waals surface area contributed by atoms with Gasteiger partial charge in [-0.3, -0.25) is 0 Å². The van der Waals surface area contributed by atoms with E-state index in [0.717, 1.165) is 11.1 Å². The van der Waals surface area contributed by atoms with E-state index < -0.39 is 11.6 Å². The minimum atomic E-state index is -0.558. The van der Waals surface area contributed by atoms with Crippen molar-refractivity contribution in [2.45, 2.75) is 13.8 Å². The predicted octanol–water partition coefficient (Wildman–Crippen LogP) is 5.55. The normalized spacial score (nSPS) is 14.5. The van der Waals surface area contributed by atoms with Crippen LogP contribution in [0.1, 0.15) is 23.6 Å². The maximum absolute atomic E-state index is 14.7. The molecular formula is C21H19F2N. The first-order chi connectivity index (χ1) is 11.5. The Bertz CT molecular complexity index is 824. The fraction of sp³-hybridized carbons (Fsp3) is 0.143. The molecule has 0 aliphatic carbocycles. The van der Waals surface area contributed by atoms with Crippen molar-refractivity contribution in [3.8, 4) is 0 Å². The molecule has 24 heavy (non-hydrogen) atoms. The van der Waals surface area contributed by atoms with Crippen LogP contribution in [-0.4, -0.2) is 11.4 Å². The number of halogens is 2. The Morgan fingerprint density at radius 2 is 1.62 bits per heavy atom. The molecule has 0 bridgehead atoms. The molecule has 0 saturated carbocycles. The van der Waals surface area contributed by atoms with Gasteiger partial charge in [-0.05, 0) is 43.2 Å². The van der Waals surface area contributed by atoms with Crippen molar-refractivity contribution in [1.82, 2.24) is 4.90 Å². The largest absolute Gasteiger partial charge is 0.341 e. The molecule has 1 nitrogen and oxygen atoms in total. The minimum Gasteiger partial charge on any atom is -0.341 e. The van der Waals surface area contributed by atoms with Gasteiger partial charge < -0.3 is 4.90 Å². The number of nitrogens with zero attached hydrogens (tertiary/aromatic N) is 1. The van der Waals surface area contributed by atoms with Crippen molar-refractivity contribution in [2.24, 2.45) is 0 Å². The Balaban J connectivity index is 2.34. The van der Waals surface area contributed by atoms with E-state index in [1.807, 2.05) is 54.3 Å². The third kappa shape index (κ3) is 2.78. The quantitative estimate of drug-likeness (QED) is 0.716. The second-order valence-electron chi connectivity index (χ2n) is 5.80. The summed E-state index contributed by atoms with van der Waals surface area (Å²) in [7, 11) is 0. The third-order valence-electron chi connectivity index (χ3n) is 4.14. The fourth-order valence-corrected chi connectivity index (χ4v) is 3.05. The molecule has 0 amide bonds. The molecule has 0 fully saturated rings. The monoisotopic (exact) mass is 323 g/mol. The molecule has 3 heteroatoms. The summed E-state index contributed by atoms with van der Waals surface area (Å²) >= 11 is 0. The lowest BCUT2D eigenvalue weighted by Crippen LogP contribution is -2.24. The van der Waals surface area contributed by atoms with Crippen molar-refractivity contribution in [3.05, 3.63) is 95.2 Å². The van der Waals surface area contributed by atoms with Crippen molar-refractivity contribution < 1.29 is 8.78 Å². The second kappa shape index (κ2) is 6.44. The van der Waals surface area contributed by atoms with Gasteiger partial charge in [-0.2, -0.15) is 0 Å². The average Bonchev–Trinajstić information content (AvgIpc) is 2.55. The summed E-state index contributed by atoms with van der Waals surface area (Å²) in [6.45, 7) is 8.20. The van der Waals surface area contributed by atoms with Gasteiger partial charge in [-0.15, -0.1) is 0 Å². The number of aryl methyl sites for hydroxylation is 1. The molecule has 122 valence electrons. The van der Waals surface area contributed by atoms with Crippen LogP contribution >= 0.6 is 0 Å². The molecule has 1 aliphatic heterocycles. The smallest absolute Gasteiger partial charge is 0.135 e. The first kappa shape index (κ1) is 16.2. The number of rotatable bonds is 3. The van der Waals surface area contributed by atoms with Gasteiger partial charge in [0.1, 0.15) is 11.6 Å². The van der Waals surface area contributed by atoms with Crippen LogP contribution in [0.15, 0.2) is 66.9 Å². The standard InChI is InChI=1S/C21H19F2N/c1-4-24-15(3)10-11-17(16-8-6-5-7-9-16)21(24)20-18(22)12-14(2)13-19(20)23/h5-13H,3-4H2,1-2H3. The highest BCUT2D eigenvalue weighted by atomic mass is 19.1. The topological polar surface area (TPSA) is 3.24 Å². The van der Waals surface area contributed by atoms with Crippen LogP contribution in [0.2, 0.25) is 0 Å². The zero-order chi connectivity index (χ0) is 17.3. The summed E-state index contributed by atoms with van der Waals surface area (Å²) in [6, 6.07) is 12.3.